The van der Waals surface area contributed by atoms with Crippen LogP contribution in [0.4, 0.5) is 0 Å². The lowest BCUT2D eigenvalue weighted by Gasteiger charge is -2.19. The van der Waals surface area contributed by atoms with Gasteiger partial charge in [-0.1, -0.05) is 18.9 Å². The van der Waals surface area contributed by atoms with E-state index >= 15 is 0 Å². The largest absolute Gasteiger partial charge is 0.494 e. The number of furan rings is 1. The molecule has 1 saturated carbocycles. The van der Waals surface area contributed by atoms with E-state index < -0.39 is 11.3 Å². The number of nitriles is 1. The van der Waals surface area contributed by atoms with Crippen LogP contribution in [0.5, 0.6) is 5.88 Å². The van der Waals surface area contributed by atoms with Gasteiger partial charge in [0.2, 0.25) is 11.7 Å². The lowest BCUT2D eigenvalue weighted by atomic mass is 9.97. The molecule has 30 heavy (non-hydrogen) atoms. The molecule has 2 aromatic heterocycles. The zero-order valence-electron chi connectivity index (χ0n) is 17.6. The average Bonchev–Trinajstić information content (AvgIpc) is 3.30. The summed E-state index contributed by atoms with van der Waals surface area (Å²) in [4.78, 5) is 26.4. The predicted octanol–water partition coefficient (Wildman–Crippen LogP) is 4.75. The van der Waals surface area contributed by atoms with Gasteiger partial charge in [-0.2, -0.15) is 5.26 Å². The number of carbonyl (C=O) groups is 1. The van der Waals surface area contributed by atoms with Crippen LogP contribution in [0, 0.1) is 39.0 Å². The first kappa shape index (κ1) is 20.0. The van der Waals surface area contributed by atoms with Crippen molar-refractivity contribution in [2.75, 3.05) is 0 Å². The van der Waals surface area contributed by atoms with Gasteiger partial charge in [0.25, 0.3) is 5.56 Å². The number of nitrogens with zero attached hydrogens (tertiary/aromatic N) is 2. The van der Waals surface area contributed by atoms with Gasteiger partial charge >= 0.3 is 0 Å². The van der Waals surface area contributed by atoms with E-state index in [0.717, 1.165) is 42.2 Å². The number of benzene rings is 1. The Hall–Kier alpha value is -3.33. The Bertz CT molecular complexity index is 1300. The highest BCUT2D eigenvalue weighted by atomic mass is 16.3. The Labute approximate surface area is 174 Å². The highest BCUT2D eigenvalue weighted by Gasteiger charge is 2.31. The van der Waals surface area contributed by atoms with Crippen LogP contribution in [0.25, 0.3) is 11.0 Å². The molecule has 1 fully saturated rings. The number of aromatic hydroxyl groups is 1. The number of pyridine rings is 1. The average molecular weight is 404 g/mol. The minimum atomic E-state index is -0.538. The number of aromatic nitrogens is 1. The molecule has 0 spiro atoms. The molecule has 154 valence electrons. The van der Waals surface area contributed by atoms with E-state index in [9.17, 15) is 20.0 Å². The fourth-order valence-electron chi connectivity index (χ4n) is 4.81. The number of rotatable bonds is 3. The first-order chi connectivity index (χ1) is 14.3. The van der Waals surface area contributed by atoms with Gasteiger partial charge in [-0.3, -0.25) is 14.2 Å². The van der Waals surface area contributed by atoms with Gasteiger partial charge in [0.15, 0.2) is 5.76 Å². The molecule has 0 saturated heterocycles. The SMILES string of the molecule is Cc1cc(C)c2c(C)c(C(=O)c3c(C)c(C#N)c(=O)n(C4CCCC4)c3O)oc2c1. The van der Waals surface area contributed by atoms with Crippen LogP contribution in [0.15, 0.2) is 21.3 Å². The number of fused-ring (bicyclic) bond motifs is 1. The van der Waals surface area contributed by atoms with E-state index in [1.165, 1.54) is 11.5 Å². The van der Waals surface area contributed by atoms with E-state index in [-0.39, 0.29) is 34.4 Å². The molecular weight excluding hydrogens is 380 g/mol. The maximum absolute atomic E-state index is 13.5. The van der Waals surface area contributed by atoms with Crippen LogP contribution in [-0.4, -0.2) is 15.5 Å². The first-order valence-electron chi connectivity index (χ1n) is 10.2. The summed E-state index contributed by atoms with van der Waals surface area (Å²) >= 11 is 0. The normalized spacial score (nSPS) is 14.4. The molecule has 0 aliphatic heterocycles. The molecule has 0 unspecified atom stereocenters. The maximum Gasteiger partial charge on any atom is 0.271 e. The number of hydrogen-bond acceptors (Lipinski definition) is 5. The van der Waals surface area contributed by atoms with Crippen molar-refractivity contribution in [2.45, 2.75) is 59.4 Å². The number of hydrogen-bond donors (Lipinski definition) is 1. The maximum atomic E-state index is 13.5. The highest BCUT2D eigenvalue weighted by molar-refractivity contribution is 6.13. The molecule has 2 heterocycles. The second-order valence-corrected chi connectivity index (χ2v) is 8.26. The van der Waals surface area contributed by atoms with Gasteiger partial charge < -0.3 is 9.52 Å². The van der Waals surface area contributed by atoms with Crippen LogP contribution in [0.3, 0.4) is 0 Å². The lowest BCUT2D eigenvalue weighted by molar-refractivity contribution is 0.100. The van der Waals surface area contributed by atoms with E-state index in [4.69, 9.17) is 4.42 Å². The van der Waals surface area contributed by atoms with Crippen molar-refractivity contribution >= 4 is 16.8 Å². The Morgan fingerprint density at radius 3 is 2.47 bits per heavy atom. The highest BCUT2D eigenvalue weighted by Crippen LogP contribution is 2.36. The summed E-state index contributed by atoms with van der Waals surface area (Å²) in [5, 5.41) is 21.5. The predicted molar refractivity (Wildman–Crippen MR) is 113 cm³/mol. The zero-order valence-corrected chi connectivity index (χ0v) is 17.6. The molecule has 1 N–H and O–H groups in total. The van der Waals surface area contributed by atoms with Gasteiger partial charge in [0.1, 0.15) is 17.2 Å². The Morgan fingerprint density at radius 2 is 1.83 bits per heavy atom. The second-order valence-electron chi connectivity index (χ2n) is 8.26. The topological polar surface area (TPSA) is 96.2 Å². The molecule has 4 rings (SSSR count). The van der Waals surface area contributed by atoms with Crippen LogP contribution < -0.4 is 5.56 Å². The molecular formula is C24H24N2O4. The number of carbonyl (C=O) groups excluding carboxylic acids is 1. The molecule has 0 radical (unpaired) electrons. The third-order valence-corrected chi connectivity index (χ3v) is 6.24. The molecule has 6 heteroatoms. The first-order valence-corrected chi connectivity index (χ1v) is 10.2. The van der Waals surface area contributed by atoms with Crippen LogP contribution in [0.1, 0.15) is 75.7 Å². The molecule has 0 bridgehead atoms. The zero-order chi connectivity index (χ0) is 21.7. The van der Waals surface area contributed by atoms with Gasteiger partial charge in [-0.05, 0) is 63.3 Å². The van der Waals surface area contributed by atoms with Crippen LogP contribution in [-0.2, 0) is 0 Å². The molecule has 0 amide bonds. The van der Waals surface area contributed by atoms with E-state index in [1.54, 1.807) is 0 Å². The molecule has 3 aromatic rings. The van der Waals surface area contributed by atoms with Gasteiger partial charge in [-0.25, -0.2) is 0 Å². The molecule has 1 aliphatic carbocycles. The Morgan fingerprint density at radius 1 is 1.17 bits per heavy atom. The van der Waals surface area contributed by atoms with Gasteiger partial charge in [0, 0.05) is 17.0 Å². The fraction of sp³-hybridized carbons (Fsp3) is 0.375. The Balaban J connectivity index is 1.98. The Kier molecular flexibility index (Phi) is 4.77. The second kappa shape index (κ2) is 7.17. The molecule has 1 aliphatic rings. The summed E-state index contributed by atoms with van der Waals surface area (Å²) in [6.07, 6.45) is 3.35. The number of ketones is 1. The van der Waals surface area contributed by atoms with Crippen molar-refractivity contribution in [2.24, 2.45) is 0 Å². The molecule has 0 atom stereocenters. The third kappa shape index (κ3) is 2.85. The summed E-state index contributed by atoms with van der Waals surface area (Å²) in [5.74, 6) is -0.766. The fourth-order valence-corrected chi connectivity index (χ4v) is 4.81. The summed E-state index contributed by atoms with van der Waals surface area (Å²) in [7, 11) is 0. The van der Waals surface area contributed by atoms with Crippen molar-refractivity contribution < 1.29 is 14.3 Å². The molecule has 6 nitrogen and oxygen atoms in total. The van der Waals surface area contributed by atoms with Crippen LogP contribution >= 0.6 is 0 Å². The minimum absolute atomic E-state index is 0.0328. The van der Waals surface area contributed by atoms with Crippen molar-refractivity contribution in [1.29, 1.82) is 5.26 Å². The van der Waals surface area contributed by atoms with Gasteiger partial charge in [-0.15, -0.1) is 0 Å². The summed E-state index contributed by atoms with van der Waals surface area (Å²) in [6, 6.07) is 5.62. The minimum Gasteiger partial charge on any atom is -0.494 e. The van der Waals surface area contributed by atoms with Crippen molar-refractivity contribution in [3.05, 3.63) is 61.6 Å². The molecule has 1 aromatic carbocycles. The van der Waals surface area contributed by atoms with E-state index in [2.05, 4.69) is 0 Å². The monoisotopic (exact) mass is 404 g/mol. The van der Waals surface area contributed by atoms with E-state index in [0.29, 0.717) is 11.1 Å². The van der Waals surface area contributed by atoms with Crippen LogP contribution in [0.2, 0.25) is 0 Å². The number of aryl methyl sites for hydroxylation is 3. The third-order valence-electron chi connectivity index (χ3n) is 6.24. The standard InChI is InChI=1S/C24H24N2O4/c1-12-9-13(2)19-15(4)22(30-18(19)10-12)21(27)20-14(3)17(11-25)23(28)26(24(20)29)16-7-5-6-8-16/h9-10,16,29H,5-8H2,1-4H3. The smallest absolute Gasteiger partial charge is 0.271 e. The van der Waals surface area contributed by atoms with Gasteiger partial charge in [0.05, 0.1) is 5.56 Å². The lowest BCUT2D eigenvalue weighted by Crippen LogP contribution is -2.29. The summed E-state index contributed by atoms with van der Waals surface area (Å²) in [5.41, 5.74) is 2.82. The summed E-state index contributed by atoms with van der Waals surface area (Å²) in [6.45, 7) is 7.26. The van der Waals surface area contributed by atoms with Crippen molar-refractivity contribution in [3.8, 4) is 11.9 Å². The van der Waals surface area contributed by atoms with E-state index in [1.807, 2.05) is 39.0 Å². The quantitative estimate of drug-likeness (QED) is 0.635. The van der Waals surface area contributed by atoms with Crippen molar-refractivity contribution in [1.82, 2.24) is 4.57 Å². The summed E-state index contributed by atoms with van der Waals surface area (Å²) < 4.78 is 7.16. The van der Waals surface area contributed by atoms with Crippen molar-refractivity contribution in [3.63, 3.8) is 0 Å².